The molecule has 0 aliphatic carbocycles. The summed E-state index contributed by atoms with van der Waals surface area (Å²) in [7, 11) is 0. The van der Waals surface area contributed by atoms with Crippen molar-refractivity contribution in [3.63, 3.8) is 0 Å². The van der Waals surface area contributed by atoms with Gasteiger partial charge in [0.2, 0.25) is 0 Å². The maximum atomic E-state index is 9.20. The second-order valence-corrected chi connectivity index (χ2v) is 6.00. The Labute approximate surface area is 113 Å². The fourth-order valence-corrected chi connectivity index (χ4v) is 2.57. The molecule has 0 spiro atoms. The second-order valence-electron chi connectivity index (χ2n) is 4.95. The number of aryl methyl sites for hydroxylation is 1. The Hall–Kier alpha value is -0.990. The SMILES string of the molecule is Cc1coc(SCCCC(C)(C#N)NC(C)C)n1. The summed E-state index contributed by atoms with van der Waals surface area (Å²) < 4.78 is 5.26. The molecule has 4 nitrogen and oxygen atoms in total. The lowest BCUT2D eigenvalue weighted by atomic mass is 9.97. The molecule has 0 aliphatic rings. The molecule has 100 valence electrons. The molecule has 0 amide bonds. The van der Waals surface area contributed by atoms with Gasteiger partial charge in [0.1, 0.15) is 11.8 Å². The molecule has 0 radical (unpaired) electrons. The first-order valence-electron chi connectivity index (χ1n) is 6.19. The number of aromatic nitrogens is 1. The minimum absolute atomic E-state index is 0.316. The second kappa shape index (κ2) is 6.81. The average molecular weight is 267 g/mol. The molecule has 1 aromatic heterocycles. The average Bonchev–Trinajstić information content (AvgIpc) is 2.70. The van der Waals surface area contributed by atoms with E-state index in [1.807, 2.05) is 13.8 Å². The van der Waals surface area contributed by atoms with E-state index in [4.69, 9.17) is 4.42 Å². The van der Waals surface area contributed by atoms with Crippen molar-refractivity contribution in [1.29, 1.82) is 5.26 Å². The van der Waals surface area contributed by atoms with Crippen molar-refractivity contribution < 1.29 is 4.42 Å². The Kier molecular flexibility index (Phi) is 5.70. The predicted molar refractivity (Wildman–Crippen MR) is 73.5 cm³/mol. The summed E-state index contributed by atoms with van der Waals surface area (Å²) in [4.78, 5) is 4.23. The van der Waals surface area contributed by atoms with Crippen LogP contribution in [-0.2, 0) is 0 Å². The van der Waals surface area contributed by atoms with Gasteiger partial charge in [-0.2, -0.15) is 5.26 Å². The molecule has 1 rings (SSSR count). The molecule has 0 saturated heterocycles. The fourth-order valence-electron chi connectivity index (χ4n) is 1.78. The molecule has 1 aromatic rings. The minimum Gasteiger partial charge on any atom is -0.440 e. The molecule has 1 unspecified atom stereocenters. The van der Waals surface area contributed by atoms with Crippen LogP contribution in [0, 0.1) is 18.3 Å². The lowest BCUT2D eigenvalue weighted by Gasteiger charge is -2.25. The van der Waals surface area contributed by atoms with E-state index in [0.29, 0.717) is 11.3 Å². The monoisotopic (exact) mass is 267 g/mol. The van der Waals surface area contributed by atoms with E-state index in [2.05, 4.69) is 30.2 Å². The van der Waals surface area contributed by atoms with E-state index in [1.54, 1.807) is 18.0 Å². The highest BCUT2D eigenvalue weighted by molar-refractivity contribution is 7.99. The van der Waals surface area contributed by atoms with Gasteiger partial charge in [0.15, 0.2) is 0 Å². The fraction of sp³-hybridized carbons (Fsp3) is 0.692. The number of hydrogen-bond donors (Lipinski definition) is 1. The van der Waals surface area contributed by atoms with E-state index in [0.717, 1.165) is 24.3 Å². The number of oxazole rings is 1. The van der Waals surface area contributed by atoms with Crippen molar-refractivity contribution in [3.05, 3.63) is 12.0 Å². The lowest BCUT2D eigenvalue weighted by molar-refractivity contribution is 0.379. The van der Waals surface area contributed by atoms with E-state index < -0.39 is 5.54 Å². The van der Waals surface area contributed by atoms with Crippen LogP contribution in [0.15, 0.2) is 15.9 Å². The van der Waals surface area contributed by atoms with Crippen LogP contribution >= 0.6 is 11.8 Å². The normalized spacial score (nSPS) is 14.4. The van der Waals surface area contributed by atoms with Gasteiger partial charge in [-0.1, -0.05) is 11.8 Å². The zero-order valence-corrected chi connectivity index (χ0v) is 12.3. The minimum atomic E-state index is -0.443. The largest absolute Gasteiger partial charge is 0.440 e. The molecule has 0 saturated carbocycles. The molecule has 0 fully saturated rings. The molecule has 0 aliphatic heterocycles. The quantitative estimate of drug-likeness (QED) is 0.607. The van der Waals surface area contributed by atoms with E-state index in [-0.39, 0.29) is 0 Å². The summed E-state index contributed by atoms with van der Waals surface area (Å²) in [5.74, 6) is 0.914. The topological polar surface area (TPSA) is 61.9 Å². The van der Waals surface area contributed by atoms with Gasteiger partial charge in [0, 0.05) is 11.8 Å². The van der Waals surface area contributed by atoms with Crippen molar-refractivity contribution in [2.75, 3.05) is 5.75 Å². The third kappa shape index (κ3) is 5.11. The van der Waals surface area contributed by atoms with Crippen molar-refractivity contribution in [2.24, 2.45) is 0 Å². The van der Waals surface area contributed by atoms with Gasteiger partial charge in [-0.15, -0.1) is 0 Å². The summed E-state index contributed by atoms with van der Waals surface area (Å²) in [6.07, 6.45) is 3.44. The highest BCUT2D eigenvalue weighted by Gasteiger charge is 2.23. The van der Waals surface area contributed by atoms with Crippen molar-refractivity contribution >= 4 is 11.8 Å². The molecule has 1 atom stereocenters. The van der Waals surface area contributed by atoms with Crippen LogP contribution in [0.2, 0.25) is 0 Å². The molecule has 0 bridgehead atoms. The van der Waals surface area contributed by atoms with Crippen molar-refractivity contribution in [2.45, 2.75) is 57.3 Å². The number of nitriles is 1. The molecule has 1 N–H and O–H groups in total. The summed E-state index contributed by atoms with van der Waals surface area (Å²) in [5, 5.41) is 13.2. The first-order valence-corrected chi connectivity index (χ1v) is 7.17. The Morgan fingerprint density at radius 3 is 2.83 bits per heavy atom. The van der Waals surface area contributed by atoms with Crippen LogP contribution in [0.3, 0.4) is 0 Å². The first kappa shape index (κ1) is 15.1. The van der Waals surface area contributed by atoms with Crippen LogP contribution < -0.4 is 5.32 Å². The van der Waals surface area contributed by atoms with E-state index in [9.17, 15) is 5.26 Å². The van der Waals surface area contributed by atoms with Crippen LogP contribution in [0.4, 0.5) is 0 Å². The molecule has 18 heavy (non-hydrogen) atoms. The lowest BCUT2D eigenvalue weighted by Crippen LogP contribution is -2.44. The third-order valence-corrected chi connectivity index (χ3v) is 3.43. The van der Waals surface area contributed by atoms with Gasteiger partial charge in [0.25, 0.3) is 5.22 Å². The van der Waals surface area contributed by atoms with E-state index in [1.165, 1.54) is 0 Å². The number of rotatable bonds is 7. The molecular weight excluding hydrogens is 246 g/mol. The van der Waals surface area contributed by atoms with Crippen molar-refractivity contribution in [3.8, 4) is 6.07 Å². The van der Waals surface area contributed by atoms with Gasteiger partial charge in [-0.25, -0.2) is 4.98 Å². The third-order valence-electron chi connectivity index (χ3n) is 2.50. The number of thioether (sulfide) groups is 1. The Morgan fingerprint density at radius 1 is 1.61 bits per heavy atom. The highest BCUT2D eigenvalue weighted by atomic mass is 32.2. The molecule has 0 aromatic carbocycles. The van der Waals surface area contributed by atoms with E-state index >= 15 is 0 Å². The number of hydrogen-bond acceptors (Lipinski definition) is 5. The zero-order valence-electron chi connectivity index (χ0n) is 11.5. The van der Waals surface area contributed by atoms with Crippen molar-refractivity contribution in [1.82, 2.24) is 10.3 Å². The summed E-state index contributed by atoms with van der Waals surface area (Å²) >= 11 is 1.60. The number of nitrogens with one attached hydrogen (secondary N) is 1. The van der Waals surface area contributed by atoms with Crippen LogP contribution in [0.5, 0.6) is 0 Å². The zero-order chi connectivity index (χ0) is 13.6. The maximum absolute atomic E-state index is 9.20. The smallest absolute Gasteiger partial charge is 0.255 e. The Balaban J connectivity index is 2.30. The number of nitrogens with zero attached hydrogens (tertiary/aromatic N) is 2. The summed E-state index contributed by atoms with van der Waals surface area (Å²) in [6, 6.07) is 2.67. The van der Waals surface area contributed by atoms with Gasteiger partial charge in [-0.05, 0) is 40.5 Å². The van der Waals surface area contributed by atoms with Gasteiger partial charge in [-0.3, -0.25) is 5.32 Å². The predicted octanol–water partition coefficient (Wildman–Crippen LogP) is 3.14. The standard InChI is InChI=1S/C13H21N3OS/c1-10(2)16-13(4,9-14)6-5-7-18-12-15-11(3)8-17-12/h8,10,16H,5-7H2,1-4H3. The van der Waals surface area contributed by atoms with Gasteiger partial charge >= 0.3 is 0 Å². The van der Waals surface area contributed by atoms with Crippen LogP contribution in [-0.4, -0.2) is 22.3 Å². The Morgan fingerprint density at radius 2 is 2.33 bits per heavy atom. The Bertz CT molecular complexity index is 411. The van der Waals surface area contributed by atoms with Crippen LogP contribution in [0.1, 0.15) is 39.3 Å². The van der Waals surface area contributed by atoms with Gasteiger partial charge in [0.05, 0.1) is 11.8 Å². The molecular formula is C13H21N3OS. The molecule has 5 heteroatoms. The van der Waals surface area contributed by atoms with Crippen LogP contribution in [0.25, 0.3) is 0 Å². The first-order chi connectivity index (χ1) is 8.45. The molecule has 1 heterocycles. The summed E-state index contributed by atoms with van der Waals surface area (Å²) in [6.45, 7) is 7.97. The van der Waals surface area contributed by atoms with Gasteiger partial charge < -0.3 is 4.42 Å². The maximum Gasteiger partial charge on any atom is 0.255 e. The highest BCUT2D eigenvalue weighted by Crippen LogP contribution is 2.20. The summed E-state index contributed by atoms with van der Waals surface area (Å²) in [5.41, 5.74) is 0.460.